The summed E-state index contributed by atoms with van der Waals surface area (Å²) >= 11 is 0. The number of carbonyl (C=O) groups excluding carboxylic acids is 1. The van der Waals surface area contributed by atoms with Gasteiger partial charge in [0.1, 0.15) is 11.6 Å². The number of aldehydes is 1. The van der Waals surface area contributed by atoms with Gasteiger partial charge in [-0.05, 0) is 24.6 Å². The zero-order valence-corrected chi connectivity index (χ0v) is 12.2. The summed E-state index contributed by atoms with van der Waals surface area (Å²) in [6.45, 7) is 8.93. The summed E-state index contributed by atoms with van der Waals surface area (Å²) in [7, 11) is -1.22. The molecule has 0 aliphatic carbocycles. The number of hydrogen-bond acceptors (Lipinski definition) is 2. The maximum absolute atomic E-state index is 14.2. The van der Waals surface area contributed by atoms with Crippen molar-refractivity contribution >= 4 is 15.3 Å². The van der Waals surface area contributed by atoms with Crippen LogP contribution in [0.15, 0.2) is 6.07 Å². The summed E-state index contributed by atoms with van der Waals surface area (Å²) < 4.78 is 33.6. The van der Waals surface area contributed by atoms with Crippen LogP contribution >= 0.6 is 0 Å². The molecule has 0 spiro atoms. The van der Waals surface area contributed by atoms with Gasteiger partial charge < -0.3 is 4.43 Å². The molecule has 99 valence electrons. The van der Waals surface area contributed by atoms with Gasteiger partial charge in [-0.3, -0.25) is 4.79 Å². The Labute approximate surface area is 108 Å². The quantitative estimate of drug-likeness (QED) is 0.619. The second-order valence-electron chi connectivity index (χ2n) is 5.34. The van der Waals surface area contributed by atoms with E-state index in [1.54, 1.807) is 20.8 Å². The minimum atomic E-state index is -1.22. The summed E-state index contributed by atoms with van der Waals surface area (Å²) in [5, 5.41) is 0. The van der Waals surface area contributed by atoms with Crippen molar-refractivity contribution in [3.05, 3.63) is 28.8 Å². The van der Waals surface area contributed by atoms with Crippen LogP contribution in [0, 0.1) is 11.6 Å². The lowest BCUT2D eigenvalue weighted by Gasteiger charge is -2.25. The van der Waals surface area contributed by atoms with Gasteiger partial charge in [-0.2, -0.15) is 0 Å². The van der Waals surface area contributed by atoms with Gasteiger partial charge in [0.15, 0.2) is 12.1 Å². The van der Waals surface area contributed by atoms with E-state index in [1.807, 2.05) is 13.1 Å². The van der Waals surface area contributed by atoms with Crippen LogP contribution in [0.3, 0.4) is 0 Å². The third-order valence-electron chi connectivity index (χ3n) is 2.38. The predicted molar refractivity (Wildman–Crippen MR) is 68.6 cm³/mol. The fourth-order valence-corrected chi connectivity index (χ4v) is 2.30. The van der Waals surface area contributed by atoms with E-state index >= 15 is 0 Å². The van der Waals surface area contributed by atoms with Gasteiger partial charge in [0.25, 0.3) is 9.04 Å². The van der Waals surface area contributed by atoms with Crippen LogP contribution in [0.1, 0.15) is 36.7 Å². The smallest absolute Gasteiger partial charge is 0.274 e. The average molecular weight is 271 g/mol. The highest BCUT2D eigenvalue weighted by molar-refractivity contribution is 6.49. The molecule has 1 aromatic carbocycles. The van der Waals surface area contributed by atoms with Crippen molar-refractivity contribution in [2.75, 3.05) is 0 Å². The standard InChI is InChI=1S/C13H17F2O2Si/c1-13(2,3)10-11(15)8(7-16)6-9(14)12(10)17-18(4)5/h6-7H,1-5H3. The van der Waals surface area contributed by atoms with Crippen LogP contribution < -0.4 is 4.43 Å². The van der Waals surface area contributed by atoms with Crippen LogP contribution in [-0.4, -0.2) is 15.3 Å². The molecular weight excluding hydrogens is 254 g/mol. The molecule has 0 aliphatic heterocycles. The Morgan fingerprint density at radius 3 is 2.22 bits per heavy atom. The second-order valence-corrected chi connectivity index (χ2v) is 7.36. The van der Waals surface area contributed by atoms with Gasteiger partial charge >= 0.3 is 0 Å². The topological polar surface area (TPSA) is 26.3 Å². The zero-order chi connectivity index (χ0) is 14.1. The molecule has 1 rings (SSSR count). The van der Waals surface area contributed by atoms with E-state index < -0.39 is 26.1 Å². The Bertz CT molecular complexity index is 465. The first-order chi connectivity index (χ1) is 8.18. The van der Waals surface area contributed by atoms with Crippen LogP contribution in [0.2, 0.25) is 13.1 Å². The molecule has 1 aromatic rings. The van der Waals surface area contributed by atoms with Crippen molar-refractivity contribution < 1.29 is 18.0 Å². The Kier molecular flexibility index (Phi) is 4.27. The molecule has 0 fully saturated rings. The molecule has 0 aliphatic rings. The average Bonchev–Trinajstić information content (AvgIpc) is 2.20. The van der Waals surface area contributed by atoms with Crippen molar-refractivity contribution in [2.45, 2.75) is 39.3 Å². The number of halogens is 2. The number of rotatable bonds is 3. The largest absolute Gasteiger partial charge is 0.540 e. The first kappa shape index (κ1) is 14.8. The maximum atomic E-state index is 14.2. The number of hydrogen-bond donors (Lipinski definition) is 0. The summed E-state index contributed by atoms with van der Waals surface area (Å²) in [5.41, 5.74) is -0.794. The highest BCUT2D eigenvalue weighted by atomic mass is 28.3. The van der Waals surface area contributed by atoms with E-state index in [2.05, 4.69) is 0 Å². The van der Waals surface area contributed by atoms with E-state index in [9.17, 15) is 13.6 Å². The predicted octanol–water partition coefficient (Wildman–Crippen LogP) is 3.70. The van der Waals surface area contributed by atoms with Crippen molar-refractivity contribution in [1.82, 2.24) is 0 Å². The van der Waals surface area contributed by atoms with Gasteiger partial charge in [-0.1, -0.05) is 20.8 Å². The van der Waals surface area contributed by atoms with E-state index in [-0.39, 0.29) is 16.9 Å². The normalized spacial score (nSPS) is 11.8. The van der Waals surface area contributed by atoms with E-state index in [4.69, 9.17) is 4.43 Å². The first-order valence-electron chi connectivity index (χ1n) is 5.64. The Morgan fingerprint density at radius 1 is 1.28 bits per heavy atom. The second kappa shape index (κ2) is 5.18. The van der Waals surface area contributed by atoms with Crippen molar-refractivity contribution in [3.8, 4) is 5.75 Å². The molecule has 5 heteroatoms. The molecule has 0 atom stereocenters. The van der Waals surface area contributed by atoms with Gasteiger partial charge in [0, 0.05) is 5.56 Å². The van der Waals surface area contributed by atoms with Gasteiger partial charge in [0.2, 0.25) is 0 Å². The lowest BCUT2D eigenvalue weighted by molar-refractivity contribution is 0.111. The zero-order valence-electron chi connectivity index (χ0n) is 11.2. The molecule has 0 aromatic heterocycles. The SMILES string of the molecule is C[Si](C)Oc1c(F)cc(C=O)c(F)c1C(C)(C)C. The highest BCUT2D eigenvalue weighted by Gasteiger charge is 2.29. The molecule has 0 saturated heterocycles. The molecule has 0 amide bonds. The van der Waals surface area contributed by atoms with Crippen LogP contribution in [-0.2, 0) is 5.41 Å². The molecule has 0 N–H and O–H groups in total. The van der Waals surface area contributed by atoms with E-state index in [0.717, 1.165) is 6.07 Å². The van der Waals surface area contributed by atoms with Gasteiger partial charge in [-0.15, -0.1) is 0 Å². The fraction of sp³-hybridized carbons (Fsp3) is 0.462. The third-order valence-corrected chi connectivity index (χ3v) is 2.99. The molecule has 1 radical (unpaired) electrons. The maximum Gasteiger partial charge on any atom is 0.274 e. The lowest BCUT2D eigenvalue weighted by Crippen LogP contribution is -2.22. The Balaban J connectivity index is 3.58. The molecule has 0 saturated carbocycles. The minimum Gasteiger partial charge on any atom is -0.540 e. The van der Waals surface area contributed by atoms with Gasteiger partial charge in [-0.25, -0.2) is 8.78 Å². The lowest BCUT2D eigenvalue weighted by atomic mass is 9.84. The summed E-state index contributed by atoms with van der Waals surface area (Å²) in [6.07, 6.45) is 0.321. The summed E-state index contributed by atoms with van der Waals surface area (Å²) in [4.78, 5) is 10.8. The van der Waals surface area contributed by atoms with Crippen LogP contribution in [0.25, 0.3) is 0 Å². The fourth-order valence-electron chi connectivity index (χ4n) is 1.69. The van der Waals surface area contributed by atoms with Crippen LogP contribution in [0.5, 0.6) is 5.75 Å². The van der Waals surface area contributed by atoms with Crippen molar-refractivity contribution in [3.63, 3.8) is 0 Å². The molecule has 0 bridgehead atoms. The Hall–Kier alpha value is -1.23. The highest BCUT2D eigenvalue weighted by Crippen LogP contribution is 2.37. The third kappa shape index (κ3) is 2.96. The van der Waals surface area contributed by atoms with Crippen LogP contribution in [0.4, 0.5) is 8.78 Å². The molecule has 0 heterocycles. The van der Waals surface area contributed by atoms with Crippen molar-refractivity contribution in [1.29, 1.82) is 0 Å². The monoisotopic (exact) mass is 271 g/mol. The summed E-state index contributed by atoms with van der Waals surface area (Å²) in [6, 6.07) is 0.887. The van der Waals surface area contributed by atoms with Crippen molar-refractivity contribution in [2.24, 2.45) is 0 Å². The minimum absolute atomic E-state index is 0.0653. The molecular formula is C13H17F2O2Si. The number of benzene rings is 1. The van der Waals surface area contributed by atoms with E-state index in [1.165, 1.54) is 0 Å². The molecule has 2 nitrogen and oxygen atoms in total. The first-order valence-corrected chi connectivity index (χ1v) is 8.05. The summed E-state index contributed by atoms with van der Waals surface area (Å²) in [5.74, 6) is -1.45. The molecule has 0 unspecified atom stereocenters. The van der Waals surface area contributed by atoms with Gasteiger partial charge in [0.05, 0.1) is 5.56 Å². The Morgan fingerprint density at radius 2 is 1.83 bits per heavy atom. The number of carbonyl (C=O) groups is 1. The molecule has 18 heavy (non-hydrogen) atoms. The van der Waals surface area contributed by atoms with E-state index in [0.29, 0.717) is 6.29 Å².